The van der Waals surface area contributed by atoms with E-state index in [-0.39, 0.29) is 64.3 Å². The molecule has 15 nitrogen and oxygen atoms in total. The fourth-order valence-corrected chi connectivity index (χ4v) is 6.82. The number of aromatic nitrogens is 7. The lowest BCUT2D eigenvalue weighted by molar-refractivity contribution is -0.218. The van der Waals surface area contributed by atoms with Crippen molar-refractivity contribution in [3.05, 3.63) is 108 Å². The number of hydroxylamine groups is 2. The Morgan fingerprint density at radius 2 is 1.18 bits per heavy atom. The van der Waals surface area contributed by atoms with Crippen LogP contribution in [-0.4, -0.2) is 89.8 Å². The minimum atomic E-state index is -1.60. The maximum Gasteiger partial charge on any atom is 0.254 e. The number of halogens is 4. The molecule has 0 unspecified atom stereocenters. The second-order valence-electron chi connectivity index (χ2n) is 22.9. The largest absolute Gasteiger partial charge is 0.388 e. The molecule has 1 fully saturated rings. The van der Waals surface area contributed by atoms with E-state index in [1.54, 1.807) is 65.7 Å². The van der Waals surface area contributed by atoms with E-state index in [1.807, 2.05) is 90.6 Å². The summed E-state index contributed by atoms with van der Waals surface area (Å²) in [5, 5.41) is 9.76. The molecule has 0 bridgehead atoms. The molecule has 6 heterocycles. The number of amides is 4. The number of thioether (sulfide) groups is 1. The highest BCUT2D eigenvalue weighted by molar-refractivity contribution is 8.00. The SMILES string of the molecule is CC(C)(C)N1C(=O)C=CC1=O.CC(C)(C)ON1C(=O)CCC1=O.CC(C)(C)On1nnc2cccnc21.CC(C)(C)Sc1ccccn1.CC(C)(C)n1ccnc1.Cc1c(F)c(F)c(F)c(CC(C)(C)C)c1F. The maximum atomic E-state index is 13.6. The number of benzene rings is 1. The van der Waals surface area contributed by atoms with Crippen LogP contribution in [0, 0.1) is 35.6 Å². The lowest BCUT2D eigenvalue weighted by Crippen LogP contribution is -2.45. The monoisotopic (exact) mass is 1040 g/mol. The molecule has 0 aliphatic carbocycles. The Hall–Kier alpha value is -6.02. The van der Waals surface area contributed by atoms with Crippen molar-refractivity contribution >= 4 is 46.6 Å². The fraction of sp³-hybridized carbons (Fsp3) is 0.528. The van der Waals surface area contributed by atoms with Gasteiger partial charge in [-0.15, -0.1) is 16.9 Å². The summed E-state index contributed by atoms with van der Waals surface area (Å²) in [6, 6.07) is 9.65. The average Bonchev–Trinajstić information content (AvgIpc) is 4.07. The third-order valence-electron chi connectivity index (χ3n) is 9.00. The van der Waals surface area contributed by atoms with Crippen LogP contribution >= 0.6 is 11.8 Å². The van der Waals surface area contributed by atoms with Crippen LogP contribution in [0.15, 0.2) is 78.6 Å². The number of fused-ring (bicyclic) bond motifs is 1. The minimum absolute atomic E-state index is 0.0166. The van der Waals surface area contributed by atoms with Crippen molar-refractivity contribution < 1.29 is 46.4 Å². The normalized spacial score (nSPS) is 14.0. The van der Waals surface area contributed by atoms with Crippen molar-refractivity contribution in [2.45, 2.75) is 183 Å². The summed E-state index contributed by atoms with van der Waals surface area (Å²) in [5.41, 5.74) is -0.915. The van der Waals surface area contributed by atoms with Gasteiger partial charge in [-0.2, -0.15) is 5.06 Å². The molecule has 2 aliphatic rings. The van der Waals surface area contributed by atoms with Crippen molar-refractivity contribution in [1.82, 2.24) is 44.6 Å². The molecule has 0 radical (unpaired) electrons. The number of hydrogen-bond acceptors (Lipinski definition) is 12. The quantitative estimate of drug-likeness (QED) is 0.0550. The Kier molecular flexibility index (Phi) is 22.3. The Bertz CT molecular complexity index is 2570. The molecule has 0 atom stereocenters. The number of imide groups is 2. The van der Waals surface area contributed by atoms with Gasteiger partial charge in [0, 0.05) is 76.7 Å². The van der Waals surface area contributed by atoms with Crippen molar-refractivity contribution in [2.24, 2.45) is 5.41 Å². The van der Waals surface area contributed by atoms with Crippen molar-refractivity contribution in [3.8, 4) is 0 Å². The van der Waals surface area contributed by atoms with E-state index in [0.29, 0.717) is 5.65 Å². The summed E-state index contributed by atoms with van der Waals surface area (Å²) in [5.74, 6) is -6.39. The van der Waals surface area contributed by atoms with Gasteiger partial charge in [0.25, 0.3) is 23.6 Å². The van der Waals surface area contributed by atoms with Gasteiger partial charge in [-0.05, 0) is 131 Å². The topological polar surface area (TPSA) is 168 Å². The zero-order valence-corrected chi connectivity index (χ0v) is 46.8. The molecule has 5 aromatic rings. The highest BCUT2D eigenvalue weighted by Crippen LogP contribution is 2.31. The van der Waals surface area contributed by atoms with Crippen LogP contribution in [0.2, 0.25) is 0 Å². The minimum Gasteiger partial charge on any atom is -0.388 e. The van der Waals surface area contributed by atoms with E-state index in [1.165, 1.54) is 21.9 Å². The first-order valence-electron chi connectivity index (χ1n) is 23.6. The second kappa shape index (κ2) is 25.8. The van der Waals surface area contributed by atoms with Crippen molar-refractivity contribution in [2.75, 3.05) is 0 Å². The third-order valence-corrected chi connectivity index (χ3v) is 10.1. The van der Waals surface area contributed by atoms with E-state index in [0.717, 1.165) is 22.5 Å². The van der Waals surface area contributed by atoms with Crippen LogP contribution < -0.4 is 4.84 Å². The van der Waals surface area contributed by atoms with Gasteiger partial charge in [0.05, 0.1) is 17.0 Å². The van der Waals surface area contributed by atoms with Crippen molar-refractivity contribution in [3.63, 3.8) is 0 Å². The van der Waals surface area contributed by atoms with E-state index in [9.17, 15) is 36.7 Å². The molecular formula is C53H75F4N9O6S. The van der Waals surface area contributed by atoms with Gasteiger partial charge in [0.15, 0.2) is 17.5 Å². The molecule has 0 saturated carbocycles. The van der Waals surface area contributed by atoms with E-state index in [4.69, 9.17) is 9.68 Å². The predicted octanol–water partition coefficient (Wildman–Crippen LogP) is 11.4. The molecule has 4 amide bonds. The van der Waals surface area contributed by atoms with Crippen molar-refractivity contribution in [1.29, 1.82) is 0 Å². The molecule has 402 valence electrons. The van der Waals surface area contributed by atoms with Gasteiger partial charge in [-0.1, -0.05) is 52.5 Å². The zero-order chi connectivity index (χ0) is 56.1. The van der Waals surface area contributed by atoms with Crippen LogP contribution in [-0.2, 0) is 36.0 Å². The zero-order valence-electron chi connectivity index (χ0n) is 45.9. The number of carbonyl (C=O) groups excluding carboxylic acids is 4. The predicted molar refractivity (Wildman–Crippen MR) is 276 cm³/mol. The number of rotatable bonds is 4. The highest BCUT2D eigenvalue weighted by atomic mass is 32.2. The summed E-state index contributed by atoms with van der Waals surface area (Å²) in [6.45, 7) is 36.1. The first kappa shape index (κ1) is 63.1. The highest BCUT2D eigenvalue weighted by Gasteiger charge is 2.34. The standard InChI is InChI=1S/C12H14F4.C9H12N4O.C9H13NS.C8H13NO3.C8H11NO2.C7H12N2/c1-6-8(13)7(5-12(2,3)4)10(15)11(16)9(6)14;1-9(2,3)14-13-8-7(11-12-13)5-4-6-10-8;1-9(2,3)11-8-6-4-5-7-10-8;1-8(2,3)12-9-6(10)4-5-7(9)11;1-8(2,3)9-6(10)4-5-7(9)11;1-7(2,3)9-5-4-8-6-9/h5H2,1-4H3;4-6H,1-3H3;4-7H,1-3H3;4-5H2,1-3H3;4-5H,1-3H3;4-6H,1-3H3. The van der Waals surface area contributed by atoms with Crippen LogP contribution in [0.4, 0.5) is 17.6 Å². The third kappa shape index (κ3) is 21.9. The second-order valence-corrected chi connectivity index (χ2v) is 24.8. The van der Waals surface area contributed by atoms with E-state index in [2.05, 4.69) is 71.4 Å². The van der Waals surface area contributed by atoms with Gasteiger partial charge in [0.1, 0.15) is 16.9 Å². The Morgan fingerprint density at radius 3 is 1.59 bits per heavy atom. The number of pyridine rings is 2. The van der Waals surface area contributed by atoms with E-state index < -0.39 is 45.4 Å². The maximum absolute atomic E-state index is 13.6. The molecule has 20 heteroatoms. The molecule has 1 saturated heterocycles. The van der Waals surface area contributed by atoms with Gasteiger partial charge < -0.3 is 9.40 Å². The smallest absolute Gasteiger partial charge is 0.254 e. The number of carbonyl (C=O) groups is 4. The Labute approximate surface area is 432 Å². The first-order chi connectivity index (χ1) is 33.2. The Balaban J connectivity index is 0.000000303. The summed E-state index contributed by atoms with van der Waals surface area (Å²) in [7, 11) is 0. The molecule has 2 aliphatic heterocycles. The van der Waals surface area contributed by atoms with Crippen LogP contribution in [0.25, 0.3) is 11.2 Å². The Morgan fingerprint density at radius 1 is 0.630 bits per heavy atom. The number of nitrogens with zero attached hydrogens (tertiary/aromatic N) is 9. The molecule has 4 aromatic heterocycles. The van der Waals surface area contributed by atoms with E-state index >= 15 is 0 Å². The van der Waals surface area contributed by atoms with Gasteiger partial charge >= 0.3 is 0 Å². The molecular weight excluding hydrogens is 967 g/mol. The summed E-state index contributed by atoms with van der Waals surface area (Å²) >= 11 is 1.79. The molecule has 1 aromatic carbocycles. The van der Waals surface area contributed by atoms with Gasteiger partial charge in [-0.25, -0.2) is 32.5 Å². The van der Waals surface area contributed by atoms with Crippen LogP contribution in [0.1, 0.15) is 149 Å². The number of imidazole rings is 1. The fourth-order valence-electron chi connectivity index (χ4n) is 5.93. The van der Waals surface area contributed by atoms with Crippen LogP contribution in [0.3, 0.4) is 0 Å². The summed E-state index contributed by atoms with van der Waals surface area (Å²) in [6.07, 6.45) is 12.3. The lowest BCUT2D eigenvalue weighted by atomic mass is 9.87. The molecule has 73 heavy (non-hydrogen) atoms. The molecule has 7 rings (SSSR count). The average molecular weight is 1040 g/mol. The molecule has 0 spiro atoms. The van der Waals surface area contributed by atoms with Gasteiger partial charge in [0.2, 0.25) is 5.65 Å². The summed E-state index contributed by atoms with van der Waals surface area (Å²) in [4.78, 5) is 69.8. The number of hydrogen-bond donors (Lipinski definition) is 0. The van der Waals surface area contributed by atoms with Crippen LogP contribution in [0.5, 0.6) is 0 Å². The van der Waals surface area contributed by atoms with Gasteiger partial charge in [-0.3, -0.25) is 28.9 Å². The molecule has 0 N–H and O–H groups in total. The summed E-state index contributed by atoms with van der Waals surface area (Å²) < 4.78 is 55.4. The lowest BCUT2D eigenvalue weighted by Gasteiger charge is -2.29. The first-order valence-corrected chi connectivity index (χ1v) is 24.4.